The number of hydrogen-bond acceptors (Lipinski definition) is 2. The molecule has 1 saturated heterocycles. The molecule has 0 aromatic carbocycles. The SMILES string of the molecule is CCC[C@H]1CSCCC1=O. The number of carbonyl (C=O) groups excluding carboxylic acids is 1. The van der Waals surface area contributed by atoms with E-state index in [4.69, 9.17) is 0 Å². The highest BCUT2D eigenvalue weighted by atomic mass is 32.2. The molecule has 0 N–H and O–H groups in total. The molecule has 1 rings (SSSR count). The lowest BCUT2D eigenvalue weighted by atomic mass is 9.99. The smallest absolute Gasteiger partial charge is 0.137 e. The van der Waals surface area contributed by atoms with Crippen molar-refractivity contribution in [2.24, 2.45) is 5.92 Å². The van der Waals surface area contributed by atoms with Crippen molar-refractivity contribution in [3.8, 4) is 0 Å². The fourth-order valence-corrected chi connectivity index (χ4v) is 2.44. The average Bonchev–Trinajstić information content (AvgIpc) is 1.94. The van der Waals surface area contributed by atoms with E-state index in [2.05, 4.69) is 6.92 Å². The maximum absolute atomic E-state index is 11.2. The van der Waals surface area contributed by atoms with Gasteiger partial charge in [0.2, 0.25) is 0 Å². The van der Waals surface area contributed by atoms with E-state index in [0.717, 1.165) is 30.8 Å². The lowest BCUT2D eigenvalue weighted by Crippen LogP contribution is -2.22. The minimum Gasteiger partial charge on any atom is -0.299 e. The summed E-state index contributed by atoms with van der Waals surface area (Å²) in [7, 11) is 0. The molecular formula is C8H14OS. The summed E-state index contributed by atoms with van der Waals surface area (Å²) < 4.78 is 0. The van der Waals surface area contributed by atoms with Gasteiger partial charge < -0.3 is 0 Å². The summed E-state index contributed by atoms with van der Waals surface area (Å²) in [6, 6.07) is 0. The second kappa shape index (κ2) is 4.02. The lowest BCUT2D eigenvalue weighted by Gasteiger charge is -2.18. The van der Waals surface area contributed by atoms with Crippen LogP contribution < -0.4 is 0 Å². The zero-order valence-electron chi connectivity index (χ0n) is 6.43. The van der Waals surface area contributed by atoms with Crippen molar-refractivity contribution in [1.29, 1.82) is 0 Å². The van der Waals surface area contributed by atoms with Gasteiger partial charge in [0, 0.05) is 23.8 Å². The first-order valence-electron chi connectivity index (χ1n) is 3.95. The van der Waals surface area contributed by atoms with Crippen LogP contribution in [-0.2, 0) is 4.79 Å². The third kappa shape index (κ3) is 2.01. The summed E-state index contributed by atoms with van der Waals surface area (Å²) in [6.45, 7) is 2.15. The molecule has 1 atom stereocenters. The van der Waals surface area contributed by atoms with E-state index in [9.17, 15) is 4.79 Å². The Morgan fingerprint density at radius 1 is 1.70 bits per heavy atom. The third-order valence-electron chi connectivity index (χ3n) is 1.90. The Morgan fingerprint density at radius 3 is 3.10 bits per heavy atom. The van der Waals surface area contributed by atoms with Crippen LogP contribution >= 0.6 is 11.8 Å². The van der Waals surface area contributed by atoms with Crippen molar-refractivity contribution >= 4 is 17.5 Å². The molecule has 1 aliphatic heterocycles. The summed E-state index contributed by atoms with van der Waals surface area (Å²) in [5, 5.41) is 0. The lowest BCUT2D eigenvalue weighted by molar-refractivity contribution is -0.122. The summed E-state index contributed by atoms with van der Waals surface area (Å²) >= 11 is 1.93. The van der Waals surface area contributed by atoms with Crippen molar-refractivity contribution in [2.75, 3.05) is 11.5 Å². The van der Waals surface area contributed by atoms with Gasteiger partial charge in [0.05, 0.1) is 0 Å². The van der Waals surface area contributed by atoms with Gasteiger partial charge in [0.15, 0.2) is 0 Å². The first-order chi connectivity index (χ1) is 4.84. The Hall–Kier alpha value is 0.0200. The molecule has 10 heavy (non-hydrogen) atoms. The Balaban J connectivity index is 2.32. The van der Waals surface area contributed by atoms with Crippen LogP contribution in [0.2, 0.25) is 0 Å². The second-order valence-corrected chi connectivity index (χ2v) is 3.93. The minimum atomic E-state index is 0.392. The molecule has 0 radical (unpaired) electrons. The van der Waals surface area contributed by atoms with Crippen LogP contribution in [0.25, 0.3) is 0 Å². The fourth-order valence-electron chi connectivity index (χ4n) is 1.29. The quantitative estimate of drug-likeness (QED) is 0.612. The molecule has 1 heterocycles. The van der Waals surface area contributed by atoms with E-state index in [-0.39, 0.29) is 0 Å². The van der Waals surface area contributed by atoms with Gasteiger partial charge in [-0.25, -0.2) is 0 Å². The molecule has 0 aromatic rings. The van der Waals surface area contributed by atoms with Gasteiger partial charge >= 0.3 is 0 Å². The van der Waals surface area contributed by atoms with Gasteiger partial charge in [-0.2, -0.15) is 11.8 Å². The first kappa shape index (κ1) is 8.12. The van der Waals surface area contributed by atoms with Crippen LogP contribution in [0, 0.1) is 5.92 Å². The number of ketones is 1. The minimum absolute atomic E-state index is 0.392. The van der Waals surface area contributed by atoms with Crippen LogP contribution in [0.4, 0.5) is 0 Å². The van der Waals surface area contributed by atoms with E-state index >= 15 is 0 Å². The van der Waals surface area contributed by atoms with E-state index in [1.807, 2.05) is 11.8 Å². The second-order valence-electron chi connectivity index (χ2n) is 2.78. The third-order valence-corrected chi connectivity index (χ3v) is 3.04. The number of hydrogen-bond donors (Lipinski definition) is 0. The van der Waals surface area contributed by atoms with Crippen molar-refractivity contribution in [3.05, 3.63) is 0 Å². The molecule has 1 aliphatic rings. The van der Waals surface area contributed by atoms with Gasteiger partial charge in [0.25, 0.3) is 0 Å². The van der Waals surface area contributed by atoms with Crippen LogP contribution in [0.15, 0.2) is 0 Å². The molecule has 0 saturated carbocycles. The average molecular weight is 158 g/mol. The summed E-state index contributed by atoms with van der Waals surface area (Å²) in [5.41, 5.74) is 0. The van der Waals surface area contributed by atoms with Gasteiger partial charge in [-0.3, -0.25) is 4.79 Å². The first-order valence-corrected chi connectivity index (χ1v) is 5.10. The maximum atomic E-state index is 11.2. The van der Waals surface area contributed by atoms with E-state index in [1.54, 1.807) is 0 Å². The highest BCUT2D eigenvalue weighted by Gasteiger charge is 2.20. The van der Waals surface area contributed by atoms with Crippen molar-refractivity contribution in [2.45, 2.75) is 26.2 Å². The number of thioether (sulfide) groups is 1. The van der Waals surface area contributed by atoms with Crippen LogP contribution in [-0.4, -0.2) is 17.3 Å². The molecule has 0 amide bonds. The van der Waals surface area contributed by atoms with E-state index in [0.29, 0.717) is 11.7 Å². The van der Waals surface area contributed by atoms with Crippen LogP contribution in [0.5, 0.6) is 0 Å². The summed E-state index contributed by atoms with van der Waals surface area (Å²) in [6.07, 6.45) is 3.07. The largest absolute Gasteiger partial charge is 0.299 e. The topological polar surface area (TPSA) is 17.1 Å². The van der Waals surface area contributed by atoms with Gasteiger partial charge in [0.1, 0.15) is 5.78 Å². The molecule has 58 valence electrons. The van der Waals surface area contributed by atoms with Crippen molar-refractivity contribution in [1.82, 2.24) is 0 Å². The predicted octanol–water partition coefficient (Wildman–Crippen LogP) is 2.11. The predicted molar refractivity (Wildman–Crippen MR) is 45.3 cm³/mol. The molecule has 0 unspecified atom stereocenters. The molecule has 0 bridgehead atoms. The molecule has 1 nitrogen and oxygen atoms in total. The molecule has 1 fully saturated rings. The molecule has 2 heteroatoms. The molecular weight excluding hydrogens is 144 g/mol. The highest BCUT2D eigenvalue weighted by Crippen LogP contribution is 2.22. The Kier molecular flexibility index (Phi) is 3.26. The zero-order valence-corrected chi connectivity index (χ0v) is 7.25. The Morgan fingerprint density at radius 2 is 2.50 bits per heavy atom. The highest BCUT2D eigenvalue weighted by molar-refractivity contribution is 7.99. The van der Waals surface area contributed by atoms with Crippen molar-refractivity contribution < 1.29 is 4.79 Å². The fraction of sp³-hybridized carbons (Fsp3) is 0.875. The monoisotopic (exact) mass is 158 g/mol. The normalized spacial score (nSPS) is 26.9. The van der Waals surface area contributed by atoms with Crippen molar-refractivity contribution in [3.63, 3.8) is 0 Å². The standard InChI is InChI=1S/C8H14OS/c1-2-3-7-6-10-5-4-8(7)9/h7H,2-6H2,1H3/t7-/m0/s1. The van der Waals surface area contributed by atoms with Crippen LogP contribution in [0.1, 0.15) is 26.2 Å². The van der Waals surface area contributed by atoms with Gasteiger partial charge in [-0.1, -0.05) is 13.3 Å². The molecule has 0 aliphatic carbocycles. The number of Topliss-reactive ketones (excluding diaryl/α,β-unsaturated/α-hetero) is 1. The number of rotatable bonds is 2. The summed E-state index contributed by atoms with van der Waals surface area (Å²) in [4.78, 5) is 11.2. The van der Waals surface area contributed by atoms with E-state index in [1.165, 1.54) is 0 Å². The Bertz CT molecular complexity index is 120. The number of carbonyl (C=O) groups is 1. The van der Waals surface area contributed by atoms with Crippen LogP contribution in [0.3, 0.4) is 0 Å². The van der Waals surface area contributed by atoms with E-state index < -0.39 is 0 Å². The summed E-state index contributed by atoms with van der Waals surface area (Å²) in [5.74, 6) is 3.02. The zero-order chi connectivity index (χ0) is 7.40. The maximum Gasteiger partial charge on any atom is 0.137 e. The molecule has 0 aromatic heterocycles. The van der Waals surface area contributed by atoms with Gasteiger partial charge in [-0.05, 0) is 6.42 Å². The van der Waals surface area contributed by atoms with Gasteiger partial charge in [-0.15, -0.1) is 0 Å². The Labute approximate surface area is 66.6 Å². The molecule has 0 spiro atoms.